The molecule has 2 aromatic rings. The van der Waals surface area contributed by atoms with Gasteiger partial charge in [-0.3, -0.25) is 0 Å². The van der Waals surface area contributed by atoms with E-state index in [-0.39, 0.29) is 17.9 Å². The number of halogens is 1. The van der Waals surface area contributed by atoms with Crippen LogP contribution < -0.4 is 15.8 Å². The number of aliphatic imine (C=N–C) groups is 1. The molecule has 1 heterocycles. The van der Waals surface area contributed by atoms with Gasteiger partial charge in [-0.05, 0) is 18.2 Å². The first-order chi connectivity index (χ1) is 10.8. The van der Waals surface area contributed by atoms with Crippen molar-refractivity contribution in [3.8, 4) is 5.75 Å². The molecule has 0 unspecified atom stereocenters. The van der Waals surface area contributed by atoms with Gasteiger partial charge in [0.05, 0.1) is 12.1 Å². The summed E-state index contributed by atoms with van der Waals surface area (Å²) in [5.41, 5.74) is 6.36. The monoisotopic (exact) mass is 337 g/mol. The predicted molar refractivity (Wildman–Crippen MR) is 90.0 cm³/mol. The highest BCUT2D eigenvalue weighted by atomic mass is 35.5. The molecule has 0 aliphatic rings. The minimum Gasteiger partial charge on any atom is -0.495 e. The molecule has 23 heavy (non-hydrogen) atoms. The number of hydrogen-bond acceptors (Lipinski definition) is 5. The molecule has 3 N–H and O–H groups in total. The molecule has 8 heteroatoms. The van der Waals surface area contributed by atoms with Crippen LogP contribution in [0.3, 0.4) is 0 Å². The summed E-state index contributed by atoms with van der Waals surface area (Å²) in [5.74, 6) is 1.87. The van der Waals surface area contributed by atoms with Crippen LogP contribution in [0.4, 0.5) is 5.69 Å². The van der Waals surface area contributed by atoms with Gasteiger partial charge in [0.2, 0.25) is 5.89 Å². The Hall–Kier alpha value is -2.28. The number of nitrogens with two attached hydrogens (primary N) is 1. The molecule has 0 bridgehead atoms. The number of guanidine groups is 1. The summed E-state index contributed by atoms with van der Waals surface area (Å²) in [6.07, 6.45) is 0. The van der Waals surface area contributed by atoms with E-state index in [2.05, 4.69) is 20.4 Å². The summed E-state index contributed by atoms with van der Waals surface area (Å²) < 4.78 is 10.3. The topological polar surface area (TPSA) is 98.6 Å². The van der Waals surface area contributed by atoms with E-state index in [1.165, 1.54) is 0 Å². The first-order valence-electron chi connectivity index (χ1n) is 7.03. The van der Waals surface area contributed by atoms with E-state index in [1.807, 2.05) is 20.8 Å². The lowest BCUT2D eigenvalue weighted by atomic mass is 9.97. The zero-order valence-electron chi connectivity index (χ0n) is 13.6. The summed E-state index contributed by atoms with van der Waals surface area (Å²) in [7, 11) is 1.56. The molecule has 0 saturated heterocycles. The lowest BCUT2D eigenvalue weighted by Crippen LogP contribution is -2.22. The zero-order valence-corrected chi connectivity index (χ0v) is 14.3. The average molecular weight is 338 g/mol. The van der Waals surface area contributed by atoms with Crippen LogP contribution in [0.15, 0.2) is 27.7 Å². The van der Waals surface area contributed by atoms with Gasteiger partial charge in [0.15, 0.2) is 11.8 Å². The molecule has 0 aliphatic carbocycles. The lowest BCUT2D eigenvalue weighted by Gasteiger charge is -2.10. The van der Waals surface area contributed by atoms with E-state index < -0.39 is 0 Å². The smallest absolute Gasteiger partial charge is 0.232 e. The Kier molecular flexibility index (Phi) is 5.10. The summed E-state index contributed by atoms with van der Waals surface area (Å²) in [6, 6.07) is 5.24. The summed E-state index contributed by atoms with van der Waals surface area (Å²) in [5, 5.41) is 7.31. The van der Waals surface area contributed by atoms with Crippen molar-refractivity contribution in [2.24, 2.45) is 10.7 Å². The number of rotatable bonds is 4. The summed E-state index contributed by atoms with van der Waals surface area (Å²) >= 11 is 6.05. The number of methoxy groups -OCH3 is 1. The number of nitrogens with one attached hydrogen (secondary N) is 1. The second-order valence-corrected chi connectivity index (χ2v) is 6.35. The van der Waals surface area contributed by atoms with Gasteiger partial charge in [-0.1, -0.05) is 37.5 Å². The first-order valence-corrected chi connectivity index (χ1v) is 7.41. The highest BCUT2D eigenvalue weighted by Gasteiger charge is 2.21. The predicted octanol–water partition coefficient (Wildman–Crippen LogP) is 2.96. The molecule has 2 rings (SSSR count). The fraction of sp³-hybridized carbons (Fsp3) is 0.400. The zero-order chi connectivity index (χ0) is 17.0. The number of hydrogen-bond donors (Lipinski definition) is 2. The maximum absolute atomic E-state index is 6.05. The number of benzene rings is 1. The Morgan fingerprint density at radius 2 is 2.17 bits per heavy atom. The van der Waals surface area contributed by atoms with E-state index >= 15 is 0 Å². The summed E-state index contributed by atoms with van der Waals surface area (Å²) in [4.78, 5) is 8.47. The van der Waals surface area contributed by atoms with Crippen molar-refractivity contribution in [1.29, 1.82) is 0 Å². The van der Waals surface area contributed by atoms with Crippen molar-refractivity contribution in [2.45, 2.75) is 32.7 Å². The molecular weight excluding hydrogens is 318 g/mol. The van der Waals surface area contributed by atoms with E-state index in [0.717, 1.165) is 0 Å². The molecule has 0 aliphatic heterocycles. The number of nitrogens with zero attached hydrogens (tertiary/aromatic N) is 3. The quantitative estimate of drug-likeness (QED) is 0.657. The Labute approximate surface area is 139 Å². The fourth-order valence-corrected chi connectivity index (χ4v) is 1.97. The van der Waals surface area contributed by atoms with E-state index in [1.54, 1.807) is 25.3 Å². The van der Waals surface area contributed by atoms with Crippen molar-refractivity contribution in [1.82, 2.24) is 10.1 Å². The number of anilines is 1. The standard InChI is InChI=1S/C15H20ClN5O2/c1-15(2,3)13-20-12(21-23-13)8-18-14(17)19-9-5-6-11(22-4)10(16)7-9/h5-7H,8H2,1-4H3,(H3,17,18,19). The Bertz CT molecular complexity index is 706. The molecule has 0 spiro atoms. The van der Waals surface area contributed by atoms with Crippen molar-refractivity contribution >= 4 is 23.2 Å². The third-order valence-corrected chi connectivity index (χ3v) is 3.22. The molecular formula is C15H20ClN5O2. The molecule has 0 fully saturated rings. The van der Waals surface area contributed by atoms with Gasteiger partial charge < -0.3 is 20.3 Å². The fourth-order valence-electron chi connectivity index (χ4n) is 1.71. The molecule has 1 aromatic heterocycles. The second kappa shape index (κ2) is 6.87. The van der Waals surface area contributed by atoms with Crippen LogP contribution in [0, 0.1) is 0 Å². The van der Waals surface area contributed by atoms with Gasteiger partial charge in [0, 0.05) is 11.1 Å². The Morgan fingerprint density at radius 3 is 2.74 bits per heavy atom. The third kappa shape index (κ3) is 4.59. The molecule has 0 atom stereocenters. The maximum atomic E-state index is 6.05. The van der Waals surface area contributed by atoms with Crippen LogP contribution in [-0.4, -0.2) is 23.2 Å². The Balaban J connectivity index is 2.00. The Morgan fingerprint density at radius 1 is 1.43 bits per heavy atom. The normalized spacial score (nSPS) is 12.3. The van der Waals surface area contributed by atoms with Crippen LogP contribution in [0.5, 0.6) is 5.75 Å². The van der Waals surface area contributed by atoms with Gasteiger partial charge in [-0.2, -0.15) is 4.98 Å². The first kappa shape index (κ1) is 17.1. The van der Waals surface area contributed by atoms with Crippen molar-refractivity contribution in [2.75, 3.05) is 12.4 Å². The largest absolute Gasteiger partial charge is 0.495 e. The van der Waals surface area contributed by atoms with Gasteiger partial charge >= 0.3 is 0 Å². The van der Waals surface area contributed by atoms with Gasteiger partial charge in [0.25, 0.3) is 0 Å². The van der Waals surface area contributed by atoms with E-state index in [4.69, 9.17) is 26.6 Å². The lowest BCUT2D eigenvalue weighted by molar-refractivity contribution is 0.318. The number of ether oxygens (including phenoxy) is 1. The maximum Gasteiger partial charge on any atom is 0.232 e. The van der Waals surface area contributed by atoms with Crippen molar-refractivity contribution < 1.29 is 9.26 Å². The molecule has 0 saturated carbocycles. The average Bonchev–Trinajstić information content (AvgIpc) is 2.94. The van der Waals surface area contributed by atoms with E-state index in [0.29, 0.717) is 28.2 Å². The van der Waals surface area contributed by atoms with Crippen LogP contribution in [0.1, 0.15) is 32.5 Å². The molecule has 7 nitrogen and oxygen atoms in total. The molecule has 124 valence electrons. The molecule has 0 radical (unpaired) electrons. The van der Waals surface area contributed by atoms with Crippen molar-refractivity contribution in [3.63, 3.8) is 0 Å². The SMILES string of the molecule is COc1ccc(NC(N)=NCc2noc(C(C)(C)C)n2)cc1Cl. The number of aromatic nitrogens is 2. The van der Waals surface area contributed by atoms with Gasteiger partial charge in [0.1, 0.15) is 12.3 Å². The van der Waals surface area contributed by atoms with Crippen LogP contribution in [0.2, 0.25) is 5.02 Å². The van der Waals surface area contributed by atoms with Crippen LogP contribution in [-0.2, 0) is 12.0 Å². The molecule has 1 aromatic carbocycles. The highest BCUT2D eigenvalue weighted by molar-refractivity contribution is 6.32. The van der Waals surface area contributed by atoms with Crippen molar-refractivity contribution in [3.05, 3.63) is 34.9 Å². The van der Waals surface area contributed by atoms with Crippen LogP contribution in [0.25, 0.3) is 0 Å². The molecule has 0 amide bonds. The van der Waals surface area contributed by atoms with E-state index in [9.17, 15) is 0 Å². The third-order valence-electron chi connectivity index (χ3n) is 2.92. The summed E-state index contributed by atoms with van der Waals surface area (Å²) in [6.45, 7) is 6.22. The van der Waals surface area contributed by atoms with Crippen LogP contribution >= 0.6 is 11.6 Å². The second-order valence-electron chi connectivity index (χ2n) is 5.94. The minimum atomic E-state index is -0.196. The highest BCUT2D eigenvalue weighted by Crippen LogP contribution is 2.27. The minimum absolute atomic E-state index is 0.196. The van der Waals surface area contributed by atoms with Gasteiger partial charge in [-0.15, -0.1) is 0 Å². The van der Waals surface area contributed by atoms with Gasteiger partial charge in [-0.25, -0.2) is 4.99 Å².